The first-order chi connectivity index (χ1) is 10.7. The summed E-state index contributed by atoms with van der Waals surface area (Å²) < 4.78 is 5.27. The molecule has 118 valence electrons. The molecule has 22 heavy (non-hydrogen) atoms. The van der Waals surface area contributed by atoms with Crippen molar-refractivity contribution < 1.29 is 14.6 Å². The fraction of sp³-hybridized carbons (Fsp3) is 0.467. The van der Waals surface area contributed by atoms with Crippen LogP contribution in [0.25, 0.3) is 0 Å². The zero-order chi connectivity index (χ0) is 15.8. The highest BCUT2D eigenvalue weighted by Gasteiger charge is 2.18. The molecule has 0 aliphatic carbocycles. The lowest BCUT2D eigenvalue weighted by atomic mass is 10.2. The average molecular weight is 304 g/mol. The molecule has 1 aromatic carbocycles. The van der Waals surface area contributed by atoms with Gasteiger partial charge in [-0.3, -0.25) is 4.90 Å². The minimum absolute atomic E-state index is 0.136. The number of nitriles is 1. The number of benzene rings is 1. The fourth-order valence-electron chi connectivity index (χ4n) is 2.26. The van der Waals surface area contributed by atoms with Gasteiger partial charge < -0.3 is 20.5 Å². The first kappa shape index (κ1) is 16.2. The van der Waals surface area contributed by atoms with E-state index in [1.807, 2.05) is 6.07 Å². The summed E-state index contributed by atoms with van der Waals surface area (Å²) in [7, 11) is 0. The van der Waals surface area contributed by atoms with Gasteiger partial charge in [0.2, 0.25) is 0 Å². The van der Waals surface area contributed by atoms with Gasteiger partial charge in [-0.2, -0.15) is 5.26 Å². The van der Waals surface area contributed by atoms with E-state index in [1.54, 1.807) is 24.3 Å². The maximum atomic E-state index is 12.0. The van der Waals surface area contributed by atoms with E-state index in [0.29, 0.717) is 31.0 Å². The normalized spacial score (nSPS) is 16.5. The predicted molar refractivity (Wildman–Crippen MR) is 81.4 cm³/mol. The Morgan fingerprint density at radius 3 is 2.91 bits per heavy atom. The van der Waals surface area contributed by atoms with Crippen LogP contribution in [-0.4, -0.2) is 61.5 Å². The molecule has 2 amide bonds. The summed E-state index contributed by atoms with van der Waals surface area (Å²) >= 11 is 0. The molecule has 7 heteroatoms. The quantitative estimate of drug-likeness (QED) is 0.730. The van der Waals surface area contributed by atoms with Crippen molar-refractivity contribution in [3.8, 4) is 6.07 Å². The number of anilines is 1. The maximum Gasteiger partial charge on any atom is 0.319 e. The molecule has 1 aliphatic rings. The fourth-order valence-corrected chi connectivity index (χ4v) is 2.26. The number of carbonyl (C=O) groups is 1. The van der Waals surface area contributed by atoms with Gasteiger partial charge in [0.15, 0.2) is 0 Å². The van der Waals surface area contributed by atoms with E-state index in [9.17, 15) is 9.90 Å². The lowest BCUT2D eigenvalue weighted by Gasteiger charge is -2.30. The van der Waals surface area contributed by atoms with E-state index < -0.39 is 6.03 Å². The van der Waals surface area contributed by atoms with E-state index in [-0.39, 0.29) is 12.6 Å². The first-order valence-corrected chi connectivity index (χ1v) is 7.20. The van der Waals surface area contributed by atoms with E-state index in [2.05, 4.69) is 15.5 Å². The molecule has 7 nitrogen and oxygen atoms in total. The number of nitrogens with one attached hydrogen (secondary N) is 2. The Morgan fingerprint density at radius 1 is 1.45 bits per heavy atom. The molecule has 1 atom stereocenters. The monoisotopic (exact) mass is 304 g/mol. The summed E-state index contributed by atoms with van der Waals surface area (Å²) in [6.45, 7) is 3.37. The Balaban J connectivity index is 1.84. The van der Waals surface area contributed by atoms with Gasteiger partial charge in [-0.25, -0.2) is 4.79 Å². The van der Waals surface area contributed by atoms with Gasteiger partial charge in [-0.05, 0) is 18.2 Å². The minimum atomic E-state index is -0.401. The SMILES string of the molecule is N#Cc1cccc(NC(=O)NC(CO)CN2CCOCC2)c1. The summed E-state index contributed by atoms with van der Waals surface area (Å²) in [6.07, 6.45) is 0. The number of carbonyl (C=O) groups excluding carboxylic acids is 1. The molecule has 1 saturated heterocycles. The van der Waals surface area contributed by atoms with Gasteiger partial charge in [0.25, 0.3) is 0 Å². The lowest BCUT2D eigenvalue weighted by molar-refractivity contribution is 0.0308. The average Bonchev–Trinajstić information content (AvgIpc) is 2.55. The molecule has 0 aromatic heterocycles. The van der Waals surface area contributed by atoms with Crippen LogP contribution in [0.15, 0.2) is 24.3 Å². The molecule has 1 unspecified atom stereocenters. The summed E-state index contributed by atoms with van der Waals surface area (Å²) in [6, 6.07) is 7.93. The number of amides is 2. The number of ether oxygens (including phenoxy) is 1. The Bertz CT molecular complexity index is 538. The van der Waals surface area contributed by atoms with Gasteiger partial charge >= 0.3 is 6.03 Å². The first-order valence-electron chi connectivity index (χ1n) is 7.20. The van der Waals surface area contributed by atoms with Gasteiger partial charge in [0, 0.05) is 25.3 Å². The third-order valence-electron chi connectivity index (χ3n) is 3.39. The third kappa shape index (κ3) is 5.00. The van der Waals surface area contributed by atoms with Crippen molar-refractivity contribution >= 4 is 11.7 Å². The lowest BCUT2D eigenvalue weighted by Crippen LogP contribution is -2.49. The van der Waals surface area contributed by atoms with Gasteiger partial charge in [-0.15, -0.1) is 0 Å². The molecular weight excluding hydrogens is 284 g/mol. The van der Waals surface area contributed by atoms with Crippen molar-refractivity contribution in [2.24, 2.45) is 0 Å². The van der Waals surface area contributed by atoms with Crippen molar-refractivity contribution in [2.45, 2.75) is 6.04 Å². The molecule has 0 radical (unpaired) electrons. The number of rotatable bonds is 5. The van der Waals surface area contributed by atoms with Crippen LogP contribution in [0, 0.1) is 11.3 Å². The molecule has 3 N–H and O–H groups in total. The largest absolute Gasteiger partial charge is 0.394 e. The molecule has 1 fully saturated rings. The van der Waals surface area contributed by atoms with Crippen LogP contribution in [-0.2, 0) is 4.74 Å². The van der Waals surface area contributed by atoms with Crippen LogP contribution in [0.1, 0.15) is 5.56 Å². The number of hydrogen-bond acceptors (Lipinski definition) is 5. The molecule has 0 saturated carbocycles. The number of hydrogen-bond donors (Lipinski definition) is 3. The molecule has 0 bridgehead atoms. The van der Waals surface area contributed by atoms with Crippen molar-refractivity contribution in [2.75, 3.05) is 44.8 Å². The number of urea groups is 1. The summed E-state index contributed by atoms with van der Waals surface area (Å²) in [5, 5.41) is 23.6. The van der Waals surface area contributed by atoms with Crippen molar-refractivity contribution in [3.05, 3.63) is 29.8 Å². The highest BCUT2D eigenvalue weighted by atomic mass is 16.5. The number of morpholine rings is 1. The Hall–Kier alpha value is -2.14. The Kier molecular flexibility index (Phi) is 6.15. The van der Waals surface area contributed by atoms with Crippen molar-refractivity contribution in [1.82, 2.24) is 10.2 Å². The van der Waals surface area contributed by atoms with E-state index >= 15 is 0 Å². The topological polar surface area (TPSA) is 97.6 Å². The van der Waals surface area contributed by atoms with Crippen LogP contribution in [0.4, 0.5) is 10.5 Å². The van der Waals surface area contributed by atoms with Crippen LogP contribution in [0.5, 0.6) is 0 Å². The summed E-state index contributed by atoms with van der Waals surface area (Å²) in [5.41, 5.74) is 1.02. The van der Waals surface area contributed by atoms with E-state index in [0.717, 1.165) is 13.1 Å². The molecule has 0 spiro atoms. The Morgan fingerprint density at radius 2 is 2.23 bits per heavy atom. The van der Waals surface area contributed by atoms with E-state index in [4.69, 9.17) is 10.00 Å². The molecule has 1 aliphatic heterocycles. The second kappa shape index (κ2) is 8.34. The number of nitrogens with zero attached hydrogens (tertiary/aromatic N) is 2. The van der Waals surface area contributed by atoms with Crippen LogP contribution in [0.2, 0.25) is 0 Å². The standard InChI is InChI=1S/C15H20N4O3/c16-9-12-2-1-3-13(8-12)17-15(21)18-14(11-20)10-19-4-6-22-7-5-19/h1-3,8,14,20H,4-7,10-11H2,(H2,17,18,21). The van der Waals surface area contributed by atoms with Crippen LogP contribution in [0.3, 0.4) is 0 Å². The van der Waals surface area contributed by atoms with Crippen molar-refractivity contribution in [1.29, 1.82) is 5.26 Å². The maximum absolute atomic E-state index is 12.0. The second-order valence-corrected chi connectivity index (χ2v) is 5.08. The number of aliphatic hydroxyl groups is 1. The highest BCUT2D eigenvalue weighted by molar-refractivity contribution is 5.89. The zero-order valence-electron chi connectivity index (χ0n) is 12.3. The predicted octanol–water partition coefficient (Wildman–Crippen LogP) is 0.373. The third-order valence-corrected chi connectivity index (χ3v) is 3.39. The second-order valence-electron chi connectivity index (χ2n) is 5.08. The van der Waals surface area contributed by atoms with Crippen molar-refractivity contribution in [3.63, 3.8) is 0 Å². The van der Waals surface area contributed by atoms with Gasteiger partial charge in [0.1, 0.15) is 0 Å². The van der Waals surface area contributed by atoms with Gasteiger partial charge in [0.05, 0.1) is 37.5 Å². The molecular formula is C15H20N4O3. The van der Waals surface area contributed by atoms with E-state index in [1.165, 1.54) is 0 Å². The zero-order valence-corrected chi connectivity index (χ0v) is 12.3. The molecule has 1 aromatic rings. The Labute approximate surface area is 129 Å². The van der Waals surface area contributed by atoms with Crippen LogP contribution < -0.4 is 10.6 Å². The number of aliphatic hydroxyl groups excluding tert-OH is 1. The van der Waals surface area contributed by atoms with Crippen LogP contribution >= 0.6 is 0 Å². The highest BCUT2D eigenvalue weighted by Crippen LogP contribution is 2.09. The molecule has 1 heterocycles. The smallest absolute Gasteiger partial charge is 0.319 e. The van der Waals surface area contributed by atoms with Gasteiger partial charge in [-0.1, -0.05) is 6.07 Å². The molecule has 2 rings (SSSR count). The summed E-state index contributed by atoms with van der Waals surface area (Å²) in [5.74, 6) is 0. The summed E-state index contributed by atoms with van der Waals surface area (Å²) in [4.78, 5) is 14.1. The minimum Gasteiger partial charge on any atom is -0.394 e.